The van der Waals surface area contributed by atoms with Crippen LogP contribution in [-0.4, -0.2) is 23.5 Å². The van der Waals surface area contributed by atoms with Crippen molar-refractivity contribution in [2.24, 2.45) is 10.4 Å². The fraction of sp³-hybridized carbons (Fsp3) is 0.909. The van der Waals surface area contributed by atoms with Crippen molar-refractivity contribution in [2.45, 2.75) is 44.8 Å². The van der Waals surface area contributed by atoms with Crippen molar-refractivity contribution >= 4 is 16.9 Å². The van der Waals surface area contributed by atoms with E-state index in [1.54, 1.807) is 0 Å². The Labute approximate surface area is 90.9 Å². The summed E-state index contributed by atoms with van der Waals surface area (Å²) in [5.74, 6) is 0. The van der Waals surface area contributed by atoms with Gasteiger partial charge in [-0.2, -0.15) is 0 Å². The van der Waals surface area contributed by atoms with Crippen molar-refractivity contribution in [1.82, 2.24) is 5.32 Å². The molecule has 1 unspecified atom stereocenters. The highest BCUT2D eigenvalue weighted by Crippen LogP contribution is 2.39. The normalized spacial score (nSPS) is 29.6. The zero-order valence-corrected chi connectivity index (χ0v) is 9.99. The van der Waals surface area contributed by atoms with Crippen LogP contribution in [0.2, 0.25) is 0 Å². The van der Waals surface area contributed by atoms with Crippen molar-refractivity contribution in [2.75, 3.05) is 13.1 Å². The minimum Gasteiger partial charge on any atom is -0.364 e. The van der Waals surface area contributed by atoms with Gasteiger partial charge in [0.2, 0.25) is 0 Å². The maximum absolute atomic E-state index is 4.52. The summed E-state index contributed by atoms with van der Waals surface area (Å²) in [6, 6.07) is 0. The topological polar surface area (TPSA) is 24.4 Å². The Bertz CT molecular complexity index is 233. The highest BCUT2D eigenvalue weighted by atomic mass is 32.2. The van der Waals surface area contributed by atoms with Crippen molar-refractivity contribution in [1.29, 1.82) is 0 Å². The zero-order chi connectivity index (χ0) is 10.0. The third-order valence-electron chi connectivity index (χ3n) is 3.40. The highest BCUT2D eigenvalue weighted by molar-refractivity contribution is 8.14. The van der Waals surface area contributed by atoms with Crippen molar-refractivity contribution in [3.05, 3.63) is 0 Å². The molecule has 0 bridgehead atoms. The summed E-state index contributed by atoms with van der Waals surface area (Å²) in [6.07, 6.45) is 5.41. The van der Waals surface area contributed by atoms with Crippen LogP contribution >= 0.6 is 11.8 Å². The number of nitrogens with zero attached hydrogens (tertiary/aromatic N) is 1. The Morgan fingerprint density at radius 2 is 2.36 bits per heavy atom. The second-order valence-corrected chi connectivity index (χ2v) is 6.10. The summed E-state index contributed by atoms with van der Waals surface area (Å²) < 4.78 is 0. The smallest absolute Gasteiger partial charge is 0.156 e. The first kappa shape index (κ1) is 10.3. The summed E-state index contributed by atoms with van der Waals surface area (Å²) in [6.45, 7) is 6.75. The molecule has 1 aliphatic heterocycles. The largest absolute Gasteiger partial charge is 0.364 e. The first-order valence-corrected chi connectivity index (χ1v) is 6.55. The monoisotopic (exact) mass is 212 g/mol. The summed E-state index contributed by atoms with van der Waals surface area (Å²) >= 11 is 1.92. The van der Waals surface area contributed by atoms with Gasteiger partial charge in [0.15, 0.2) is 5.17 Å². The third-order valence-corrected chi connectivity index (χ3v) is 4.71. The molecule has 1 N–H and O–H groups in total. The molecule has 0 radical (unpaired) electrons. The SMILES string of the molecule is CCC1CN=C(NCC2(C)CCC2)S1. The van der Waals surface area contributed by atoms with E-state index < -0.39 is 0 Å². The number of hydrogen-bond donors (Lipinski definition) is 1. The molecule has 0 amide bonds. The van der Waals surface area contributed by atoms with Gasteiger partial charge in [0, 0.05) is 11.8 Å². The van der Waals surface area contributed by atoms with Crippen LogP contribution in [-0.2, 0) is 0 Å². The number of rotatable bonds is 3. The molecule has 1 heterocycles. The summed E-state index contributed by atoms with van der Waals surface area (Å²) in [4.78, 5) is 4.52. The lowest BCUT2D eigenvalue weighted by molar-refractivity contribution is 0.166. The van der Waals surface area contributed by atoms with E-state index in [1.165, 1.54) is 30.9 Å². The lowest BCUT2D eigenvalue weighted by Crippen LogP contribution is -2.38. The van der Waals surface area contributed by atoms with Gasteiger partial charge in [-0.3, -0.25) is 4.99 Å². The average Bonchev–Trinajstić information content (AvgIpc) is 2.59. The minimum atomic E-state index is 0.563. The molecular formula is C11H20N2S. The number of aliphatic imine (C=N–C) groups is 1. The molecule has 3 heteroatoms. The zero-order valence-electron chi connectivity index (χ0n) is 9.18. The van der Waals surface area contributed by atoms with Crippen LogP contribution in [0.3, 0.4) is 0 Å². The molecule has 2 aliphatic rings. The Morgan fingerprint density at radius 3 is 2.86 bits per heavy atom. The third kappa shape index (κ3) is 2.25. The van der Waals surface area contributed by atoms with Gasteiger partial charge in [0.05, 0.1) is 6.54 Å². The predicted molar refractivity (Wildman–Crippen MR) is 63.9 cm³/mol. The Hall–Kier alpha value is -0.180. The Balaban J connectivity index is 1.71. The standard InChI is InChI=1S/C11H20N2S/c1-3-9-7-12-10(14-9)13-8-11(2)5-4-6-11/h9H,3-8H2,1-2H3,(H,12,13). The van der Waals surface area contributed by atoms with Gasteiger partial charge in [0.25, 0.3) is 0 Å². The van der Waals surface area contributed by atoms with Crippen LogP contribution in [0.1, 0.15) is 39.5 Å². The summed E-state index contributed by atoms with van der Waals surface area (Å²) in [5.41, 5.74) is 0.563. The molecule has 0 aromatic heterocycles. The van der Waals surface area contributed by atoms with Gasteiger partial charge in [-0.25, -0.2) is 0 Å². The van der Waals surface area contributed by atoms with Crippen LogP contribution in [0, 0.1) is 5.41 Å². The van der Waals surface area contributed by atoms with E-state index in [2.05, 4.69) is 24.2 Å². The second-order valence-electron chi connectivity index (χ2n) is 4.81. The molecule has 0 spiro atoms. The molecule has 0 aromatic carbocycles. The van der Waals surface area contributed by atoms with Gasteiger partial charge >= 0.3 is 0 Å². The Kier molecular flexibility index (Phi) is 3.05. The van der Waals surface area contributed by atoms with E-state index in [-0.39, 0.29) is 0 Å². The summed E-state index contributed by atoms with van der Waals surface area (Å²) in [7, 11) is 0. The fourth-order valence-corrected chi connectivity index (χ4v) is 2.91. The quantitative estimate of drug-likeness (QED) is 0.778. The molecule has 0 saturated heterocycles. The number of thioether (sulfide) groups is 1. The van der Waals surface area contributed by atoms with Crippen molar-refractivity contribution in [3.8, 4) is 0 Å². The molecule has 1 atom stereocenters. The van der Waals surface area contributed by atoms with E-state index in [9.17, 15) is 0 Å². The maximum Gasteiger partial charge on any atom is 0.156 e. The predicted octanol–water partition coefficient (Wildman–Crippen LogP) is 2.65. The van der Waals surface area contributed by atoms with Gasteiger partial charge in [-0.15, -0.1) is 0 Å². The Morgan fingerprint density at radius 1 is 1.57 bits per heavy atom. The number of amidine groups is 1. The average molecular weight is 212 g/mol. The first-order valence-electron chi connectivity index (χ1n) is 5.67. The van der Waals surface area contributed by atoms with E-state index >= 15 is 0 Å². The molecular weight excluding hydrogens is 192 g/mol. The highest BCUT2D eigenvalue weighted by Gasteiger charge is 2.32. The first-order chi connectivity index (χ1) is 6.72. The minimum absolute atomic E-state index is 0.563. The van der Waals surface area contributed by atoms with Gasteiger partial charge in [-0.05, 0) is 24.7 Å². The van der Waals surface area contributed by atoms with E-state index in [4.69, 9.17) is 0 Å². The molecule has 2 nitrogen and oxygen atoms in total. The van der Waals surface area contributed by atoms with Crippen LogP contribution < -0.4 is 5.32 Å². The van der Waals surface area contributed by atoms with E-state index in [1.807, 2.05) is 11.8 Å². The lowest BCUT2D eigenvalue weighted by atomic mass is 9.70. The lowest BCUT2D eigenvalue weighted by Gasteiger charge is -2.38. The van der Waals surface area contributed by atoms with Crippen LogP contribution in [0.15, 0.2) is 4.99 Å². The van der Waals surface area contributed by atoms with Gasteiger partial charge < -0.3 is 5.32 Å². The molecule has 0 aromatic rings. The summed E-state index contributed by atoms with van der Waals surface area (Å²) in [5, 5.41) is 5.41. The number of hydrogen-bond acceptors (Lipinski definition) is 3. The van der Waals surface area contributed by atoms with E-state index in [0.29, 0.717) is 5.41 Å². The van der Waals surface area contributed by atoms with Crippen LogP contribution in [0.4, 0.5) is 0 Å². The molecule has 1 saturated carbocycles. The second kappa shape index (κ2) is 4.13. The van der Waals surface area contributed by atoms with Crippen LogP contribution in [0.25, 0.3) is 0 Å². The molecule has 1 fully saturated rings. The van der Waals surface area contributed by atoms with Crippen molar-refractivity contribution in [3.63, 3.8) is 0 Å². The maximum atomic E-state index is 4.52. The molecule has 14 heavy (non-hydrogen) atoms. The van der Waals surface area contributed by atoms with Crippen molar-refractivity contribution < 1.29 is 0 Å². The van der Waals surface area contributed by atoms with Gasteiger partial charge in [0.1, 0.15) is 0 Å². The molecule has 1 aliphatic carbocycles. The van der Waals surface area contributed by atoms with Gasteiger partial charge in [-0.1, -0.05) is 32.0 Å². The number of nitrogens with one attached hydrogen (secondary N) is 1. The van der Waals surface area contributed by atoms with Crippen LogP contribution in [0.5, 0.6) is 0 Å². The fourth-order valence-electron chi connectivity index (χ4n) is 1.97. The molecule has 80 valence electrons. The van der Waals surface area contributed by atoms with E-state index in [0.717, 1.165) is 18.3 Å². The molecule has 2 rings (SSSR count).